The van der Waals surface area contributed by atoms with E-state index in [1.807, 2.05) is 17.8 Å². The smallest absolute Gasteiger partial charge is 0.150 e. The monoisotopic (exact) mass is 252 g/mol. The topological polar surface area (TPSA) is 81.7 Å². The van der Waals surface area contributed by atoms with Crippen LogP contribution in [0.15, 0.2) is 18.6 Å². The number of hydrogen-bond acceptors (Lipinski definition) is 5. The number of nitrogen functional groups attached to an aromatic ring is 1. The molecule has 3 N–H and O–H groups in total. The minimum absolute atomic E-state index is 0.282. The van der Waals surface area contributed by atoms with Gasteiger partial charge >= 0.3 is 0 Å². The van der Waals surface area contributed by atoms with Gasteiger partial charge in [0.05, 0.1) is 0 Å². The van der Waals surface area contributed by atoms with Crippen LogP contribution in [0.4, 0.5) is 11.6 Å². The molecule has 2 aromatic heterocycles. The van der Waals surface area contributed by atoms with Gasteiger partial charge in [-0.3, -0.25) is 4.68 Å². The molecule has 0 unspecified atom stereocenters. The molecule has 2 rings (SSSR count). The zero-order valence-corrected chi connectivity index (χ0v) is 10.1. The SMILES string of the molecule is Cn1nccc1CCNc1ncnc(N)c1Cl. The zero-order valence-electron chi connectivity index (χ0n) is 9.39. The summed E-state index contributed by atoms with van der Waals surface area (Å²) < 4.78 is 1.83. The van der Waals surface area contributed by atoms with E-state index in [0.29, 0.717) is 17.4 Å². The van der Waals surface area contributed by atoms with Gasteiger partial charge in [0.15, 0.2) is 0 Å². The molecule has 0 spiro atoms. The van der Waals surface area contributed by atoms with Crippen molar-refractivity contribution in [2.75, 3.05) is 17.6 Å². The molecule has 0 saturated carbocycles. The summed E-state index contributed by atoms with van der Waals surface area (Å²) in [5.74, 6) is 0.839. The van der Waals surface area contributed by atoms with E-state index in [-0.39, 0.29) is 5.82 Å². The van der Waals surface area contributed by atoms with E-state index in [0.717, 1.165) is 12.1 Å². The summed E-state index contributed by atoms with van der Waals surface area (Å²) in [5, 5.41) is 7.57. The molecular formula is C10H13ClN6. The number of aromatic nitrogens is 4. The fourth-order valence-electron chi connectivity index (χ4n) is 1.46. The molecule has 0 aliphatic heterocycles. The van der Waals surface area contributed by atoms with E-state index in [2.05, 4.69) is 20.4 Å². The van der Waals surface area contributed by atoms with Crippen LogP contribution in [0.3, 0.4) is 0 Å². The van der Waals surface area contributed by atoms with Crippen molar-refractivity contribution >= 4 is 23.2 Å². The Morgan fingerprint density at radius 1 is 1.47 bits per heavy atom. The molecule has 0 aliphatic carbocycles. The highest BCUT2D eigenvalue weighted by atomic mass is 35.5. The van der Waals surface area contributed by atoms with E-state index >= 15 is 0 Å². The molecule has 2 aromatic rings. The average molecular weight is 253 g/mol. The van der Waals surface area contributed by atoms with E-state index in [9.17, 15) is 0 Å². The maximum Gasteiger partial charge on any atom is 0.150 e. The Balaban J connectivity index is 1.95. The first-order valence-electron chi connectivity index (χ1n) is 5.15. The lowest BCUT2D eigenvalue weighted by Gasteiger charge is -2.08. The summed E-state index contributed by atoms with van der Waals surface area (Å²) in [6.45, 7) is 0.704. The summed E-state index contributed by atoms with van der Waals surface area (Å²) in [5.41, 5.74) is 6.71. The molecule has 6 nitrogen and oxygen atoms in total. The van der Waals surface area contributed by atoms with Crippen molar-refractivity contribution in [3.8, 4) is 0 Å². The fraction of sp³-hybridized carbons (Fsp3) is 0.300. The molecule has 0 fully saturated rings. The zero-order chi connectivity index (χ0) is 12.3. The van der Waals surface area contributed by atoms with Crippen LogP contribution in [-0.4, -0.2) is 26.3 Å². The summed E-state index contributed by atoms with van der Waals surface area (Å²) >= 11 is 5.96. The van der Waals surface area contributed by atoms with Crippen LogP contribution < -0.4 is 11.1 Å². The number of hydrogen-bond donors (Lipinski definition) is 2. The standard InChI is InChI=1S/C10H13ClN6/c1-17-7(3-5-16-17)2-4-13-10-8(11)9(12)14-6-15-10/h3,5-6H,2,4H2,1H3,(H3,12,13,14,15). The lowest BCUT2D eigenvalue weighted by Crippen LogP contribution is -2.10. The second-order valence-electron chi connectivity index (χ2n) is 3.54. The van der Waals surface area contributed by atoms with E-state index < -0.39 is 0 Å². The minimum atomic E-state index is 0.282. The number of halogens is 1. The third-order valence-corrected chi connectivity index (χ3v) is 2.79. The maximum atomic E-state index is 5.96. The third kappa shape index (κ3) is 2.65. The van der Waals surface area contributed by atoms with Gasteiger partial charge in [-0.25, -0.2) is 9.97 Å². The molecule has 17 heavy (non-hydrogen) atoms. The van der Waals surface area contributed by atoms with Gasteiger partial charge in [-0.05, 0) is 6.07 Å². The van der Waals surface area contributed by atoms with Crippen LogP contribution in [0.25, 0.3) is 0 Å². The van der Waals surface area contributed by atoms with Crippen LogP contribution in [0.2, 0.25) is 5.02 Å². The molecule has 7 heteroatoms. The second-order valence-corrected chi connectivity index (χ2v) is 3.92. The molecule has 0 bridgehead atoms. The molecule has 0 aliphatic rings. The first-order chi connectivity index (χ1) is 8.18. The van der Waals surface area contributed by atoms with E-state index in [1.54, 1.807) is 6.20 Å². The van der Waals surface area contributed by atoms with Crippen molar-refractivity contribution in [2.45, 2.75) is 6.42 Å². The number of nitrogens with zero attached hydrogens (tertiary/aromatic N) is 4. The number of nitrogens with two attached hydrogens (primary N) is 1. The van der Waals surface area contributed by atoms with Crippen molar-refractivity contribution < 1.29 is 0 Å². The van der Waals surface area contributed by atoms with Gasteiger partial charge in [-0.15, -0.1) is 0 Å². The van der Waals surface area contributed by atoms with E-state index in [4.69, 9.17) is 17.3 Å². The van der Waals surface area contributed by atoms with Crippen molar-refractivity contribution in [1.82, 2.24) is 19.7 Å². The Labute approximate surface area is 104 Å². The highest BCUT2D eigenvalue weighted by molar-refractivity contribution is 6.35. The van der Waals surface area contributed by atoms with Crippen LogP contribution >= 0.6 is 11.6 Å². The van der Waals surface area contributed by atoms with Crippen molar-refractivity contribution in [2.24, 2.45) is 7.05 Å². The Morgan fingerprint density at radius 2 is 2.29 bits per heavy atom. The first-order valence-corrected chi connectivity index (χ1v) is 5.53. The Hall–Kier alpha value is -1.82. The van der Waals surface area contributed by atoms with Gasteiger partial charge in [-0.1, -0.05) is 11.6 Å². The Bertz CT molecular complexity index is 509. The summed E-state index contributed by atoms with van der Waals surface area (Å²) in [6.07, 6.45) is 3.98. The van der Waals surface area contributed by atoms with Crippen molar-refractivity contribution in [3.63, 3.8) is 0 Å². The largest absolute Gasteiger partial charge is 0.382 e. The van der Waals surface area contributed by atoms with Gasteiger partial charge < -0.3 is 11.1 Å². The number of anilines is 2. The van der Waals surface area contributed by atoms with Crippen LogP contribution in [0.5, 0.6) is 0 Å². The molecule has 2 heterocycles. The summed E-state index contributed by atoms with van der Waals surface area (Å²) in [4.78, 5) is 7.82. The first kappa shape index (κ1) is 11.7. The fourth-order valence-corrected chi connectivity index (χ4v) is 1.63. The minimum Gasteiger partial charge on any atom is -0.382 e. The molecule has 0 atom stereocenters. The molecular weight excluding hydrogens is 240 g/mol. The highest BCUT2D eigenvalue weighted by Crippen LogP contribution is 2.22. The lowest BCUT2D eigenvalue weighted by molar-refractivity contribution is 0.711. The second kappa shape index (κ2) is 5.01. The van der Waals surface area contributed by atoms with Crippen LogP contribution in [-0.2, 0) is 13.5 Å². The number of aryl methyl sites for hydroxylation is 1. The van der Waals surface area contributed by atoms with E-state index in [1.165, 1.54) is 6.33 Å². The number of nitrogens with one attached hydrogen (secondary N) is 1. The maximum absolute atomic E-state index is 5.96. The normalized spacial score (nSPS) is 10.5. The average Bonchev–Trinajstić information content (AvgIpc) is 2.71. The van der Waals surface area contributed by atoms with Crippen molar-refractivity contribution in [1.29, 1.82) is 0 Å². The highest BCUT2D eigenvalue weighted by Gasteiger charge is 2.05. The van der Waals surface area contributed by atoms with Gasteiger partial charge in [0.1, 0.15) is 23.0 Å². The van der Waals surface area contributed by atoms with Crippen molar-refractivity contribution in [3.05, 3.63) is 29.3 Å². The predicted molar refractivity (Wildman–Crippen MR) is 66.9 cm³/mol. The third-order valence-electron chi connectivity index (χ3n) is 2.41. The van der Waals surface area contributed by atoms with Gasteiger partial charge in [0.25, 0.3) is 0 Å². The molecule has 90 valence electrons. The molecule has 0 aromatic carbocycles. The molecule has 0 saturated heterocycles. The number of rotatable bonds is 4. The van der Waals surface area contributed by atoms with Gasteiger partial charge in [0, 0.05) is 31.9 Å². The predicted octanol–water partition coefficient (Wildman–Crippen LogP) is 1.10. The quantitative estimate of drug-likeness (QED) is 0.852. The van der Waals surface area contributed by atoms with Gasteiger partial charge in [-0.2, -0.15) is 5.10 Å². The Morgan fingerprint density at radius 3 is 3.00 bits per heavy atom. The van der Waals surface area contributed by atoms with Gasteiger partial charge in [0.2, 0.25) is 0 Å². The molecule has 0 radical (unpaired) electrons. The van der Waals surface area contributed by atoms with Crippen LogP contribution in [0, 0.1) is 0 Å². The van der Waals surface area contributed by atoms with Crippen LogP contribution in [0.1, 0.15) is 5.69 Å². The summed E-state index contributed by atoms with van der Waals surface area (Å²) in [7, 11) is 1.91. The Kier molecular flexibility index (Phi) is 3.43. The summed E-state index contributed by atoms with van der Waals surface area (Å²) in [6, 6.07) is 1.97. The molecule has 0 amide bonds. The lowest BCUT2D eigenvalue weighted by atomic mass is 10.3.